The van der Waals surface area contributed by atoms with Crippen molar-refractivity contribution in [2.75, 3.05) is 0 Å². The first-order valence-electron chi connectivity index (χ1n) is 3.53. The Morgan fingerprint density at radius 2 is 1.89 bits per heavy atom. The number of rotatable bonds is 2. The van der Waals surface area contributed by atoms with Gasteiger partial charge in [-0.1, -0.05) is 13.8 Å². The molecule has 2 nitrogen and oxygen atoms in total. The van der Waals surface area contributed by atoms with Crippen molar-refractivity contribution in [3.05, 3.63) is 0 Å². The van der Waals surface area contributed by atoms with Gasteiger partial charge in [-0.25, -0.2) is 0 Å². The van der Waals surface area contributed by atoms with E-state index in [-0.39, 0.29) is 0 Å². The lowest BCUT2D eigenvalue weighted by Gasteiger charge is -2.11. The van der Waals surface area contributed by atoms with Gasteiger partial charge < -0.3 is 0 Å². The molecule has 0 amide bonds. The number of aliphatic imine (C=N–C) groups is 1. The van der Waals surface area contributed by atoms with Crippen LogP contribution >= 0.6 is 0 Å². The summed E-state index contributed by atoms with van der Waals surface area (Å²) in [5.41, 5.74) is 0. The highest BCUT2D eigenvalue weighted by atomic mass is 15.1. The first kappa shape index (κ1) is 6.59. The van der Waals surface area contributed by atoms with Crippen LogP contribution in [0.4, 0.5) is 0 Å². The number of nitrogens with zero attached hydrogens (tertiary/aromatic N) is 2. The van der Waals surface area contributed by atoms with Crippen LogP contribution in [0.2, 0.25) is 0 Å². The van der Waals surface area contributed by atoms with Crippen LogP contribution in [-0.2, 0) is 0 Å². The fourth-order valence-electron chi connectivity index (χ4n) is 1.08. The Labute approximate surface area is 56.4 Å². The van der Waals surface area contributed by atoms with Crippen LogP contribution in [0.15, 0.2) is 4.99 Å². The van der Waals surface area contributed by atoms with E-state index in [2.05, 4.69) is 30.5 Å². The molecule has 2 unspecified atom stereocenters. The Morgan fingerprint density at radius 1 is 1.22 bits per heavy atom. The molecule has 0 aliphatic carbocycles. The second-order valence-electron chi connectivity index (χ2n) is 2.31. The van der Waals surface area contributed by atoms with Gasteiger partial charge in [0.15, 0.2) is 6.34 Å². The fourth-order valence-corrected chi connectivity index (χ4v) is 1.08. The first-order chi connectivity index (χ1) is 4.38. The molecular weight excluding hydrogens is 112 g/mol. The van der Waals surface area contributed by atoms with Crippen LogP contribution in [0.3, 0.4) is 0 Å². The van der Waals surface area contributed by atoms with Gasteiger partial charge in [-0.2, -0.15) is 0 Å². The third-order valence-electron chi connectivity index (χ3n) is 1.73. The van der Waals surface area contributed by atoms with E-state index in [0.29, 0.717) is 12.1 Å². The second kappa shape index (κ2) is 2.85. The summed E-state index contributed by atoms with van der Waals surface area (Å²) < 4.78 is 0. The molecule has 0 aromatic carbocycles. The van der Waals surface area contributed by atoms with Gasteiger partial charge in [0.05, 0.1) is 12.1 Å². The molecule has 9 heavy (non-hydrogen) atoms. The Kier molecular flexibility index (Phi) is 2.09. The average molecular weight is 124 g/mol. The Hall–Kier alpha value is -0.530. The van der Waals surface area contributed by atoms with E-state index in [9.17, 15) is 0 Å². The predicted molar refractivity (Wildman–Crippen MR) is 37.7 cm³/mol. The number of hydrogen-bond donors (Lipinski definition) is 0. The Balaban J connectivity index is 2.39. The molecule has 2 atom stereocenters. The average Bonchev–Trinajstić information content (AvgIpc) is 2.33. The molecule has 1 heterocycles. The molecule has 0 N–H and O–H groups in total. The smallest absolute Gasteiger partial charge is 0.188 e. The SMILES string of the molecule is CCC1[N][C]=NC1CC. The lowest BCUT2D eigenvalue weighted by atomic mass is 10.1. The lowest BCUT2D eigenvalue weighted by molar-refractivity contribution is 0.495. The van der Waals surface area contributed by atoms with E-state index in [1.807, 2.05) is 0 Å². The molecule has 0 fully saturated rings. The molecular formula is C7H12N2. The summed E-state index contributed by atoms with van der Waals surface area (Å²) >= 11 is 0. The highest BCUT2D eigenvalue weighted by Crippen LogP contribution is 2.11. The zero-order valence-corrected chi connectivity index (χ0v) is 5.96. The van der Waals surface area contributed by atoms with Crippen molar-refractivity contribution in [2.24, 2.45) is 4.99 Å². The normalized spacial score (nSPS) is 32.7. The minimum Gasteiger partial charge on any atom is -0.258 e. The summed E-state index contributed by atoms with van der Waals surface area (Å²) in [4.78, 5) is 4.09. The monoisotopic (exact) mass is 124 g/mol. The van der Waals surface area contributed by atoms with Crippen molar-refractivity contribution < 1.29 is 0 Å². The summed E-state index contributed by atoms with van der Waals surface area (Å²) in [7, 11) is 0. The van der Waals surface area contributed by atoms with Gasteiger partial charge in [0.2, 0.25) is 0 Å². The maximum atomic E-state index is 4.09. The fraction of sp³-hybridized carbons (Fsp3) is 0.857. The van der Waals surface area contributed by atoms with Crippen molar-refractivity contribution in [1.82, 2.24) is 5.32 Å². The van der Waals surface area contributed by atoms with Gasteiger partial charge in [0.1, 0.15) is 0 Å². The highest BCUT2D eigenvalue weighted by Gasteiger charge is 2.21. The van der Waals surface area contributed by atoms with Crippen LogP contribution < -0.4 is 5.32 Å². The largest absolute Gasteiger partial charge is 0.258 e. The summed E-state index contributed by atoms with van der Waals surface area (Å²) in [6, 6.07) is 0.852. The van der Waals surface area contributed by atoms with Gasteiger partial charge in [0, 0.05) is 0 Å². The minimum atomic E-state index is 0.426. The molecule has 2 radical (unpaired) electrons. The third-order valence-corrected chi connectivity index (χ3v) is 1.73. The summed E-state index contributed by atoms with van der Waals surface area (Å²) in [6.07, 6.45) is 4.86. The van der Waals surface area contributed by atoms with Crippen molar-refractivity contribution in [2.45, 2.75) is 38.8 Å². The van der Waals surface area contributed by atoms with E-state index >= 15 is 0 Å². The zero-order valence-electron chi connectivity index (χ0n) is 5.96. The third kappa shape index (κ3) is 1.23. The quantitative estimate of drug-likeness (QED) is 0.526. The highest BCUT2D eigenvalue weighted by molar-refractivity contribution is 5.57. The van der Waals surface area contributed by atoms with Gasteiger partial charge >= 0.3 is 0 Å². The van der Waals surface area contributed by atoms with Crippen LogP contribution in [0.1, 0.15) is 26.7 Å². The molecule has 0 saturated carbocycles. The molecule has 0 bridgehead atoms. The van der Waals surface area contributed by atoms with Gasteiger partial charge in [-0.3, -0.25) is 10.3 Å². The van der Waals surface area contributed by atoms with E-state index in [0.717, 1.165) is 12.8 Å². The molecule has 0 saturated heterocycles. The van der Waals surface area contributed by atoms with Crippen LogP contribution in [0.5, 0.6) is 0 Å². The molecule has 50 valence electrons. The Morgan fingerprint density at radius 3 is 2.33 bits per heavy atom. The van der Waals surface area contributed by atoms with E-state index in [1.54, 1.807) is 0 Å². The minimum absolute atomic E-state index is 0.426. The molecule has 1 aliphatic rings. The van der Waals surface area contributed by atoms with Gasteiger partial charge in [-0.05, 0) is 12.8 Å². The van der Waals surface area contributed by atoms with Crippen LogP contribution in [-0.4, -0.2) is 18.4 Å². The molecule has 2 heteroatoms. The molecule has 1 rings (SSSR count). The summed E-state index contributed by atoms with van der Waals surface area (Å²) in [5.74, 6) is 0. The standard InChI is InChI=1S/C7H12N2/c1-3-6-7(4-2)9-5-8-6/h6-7H,3-4H2,1-2H3. The molecule has 0 aromatic heterocycles. The van der Waals surface area contributed by atoms with Gasteiger partial charge in [0.25, 0.3) is 0 Å². The van der Waals surface area contributed by atoms with Crippen LogP contribution in [0, 0.1) is 0 Å². The maximum absolute atomic E-state index is 4.09. The van der Waals surface area contributed by atoms with E-state index in [1.165, 1.54) is 0 Å². The van der Waals surface area contributed by atoms with E-state index in [4.69, 9.17) is 0 Å². The Bertz CT molecular complexity index is 109. The zero-order chi connectivity index (χ0) is 6.69. The van der Waals surface area contributed by atoms with Gasteiger partial charge in [-0.15, -0.1) is 0 Å². The van der Waals surface area contributed by atoms with Crippen molar-refractivity contribution in [3.63, 3.8) is 0 Å². The summed E-state index contributed by atoms with van der Waals surface area (Å²) in [5, 5.41) is 4.09. The molecule has 0 spiro atoms. The van der Waals surface area contributed by atoms with Crippen molar-refractivity contribution >= 4 is 6.34 Å². The molecule has 1 aliphatic heterocycles. The molecule has 0 aromatic rings. The number of hydrogen-bond acceptors (Lipinski definition) is 1. The maximum Gasteiger partial charge on any atom is 0.188 e. The van der Waals surface area contributed by atoms with Crippen LogP contribution in [0.25, 0.3) is 0 Å². The topological polar surface area (TPSA) is 26.5 Å². The predicted octanol–water partition coefficient (Wildman–Crippen LogP) is 1.07. The second-order valence-corrected chi connectivity index (χ2v) is 2.31. The first-order valence-corrected chi connectivity index (χ1v) is 3.53. The summed E-state index contributed by atoms with van der Waals surface area (Å²) in [6.45, 7) is 4.28. The van der Waals surface area contributed by atoms with Crippen molar-refractivity contribution in [1.29, 1.82) is 0 Å². The lowest BCUT2D eigenvalue weighted by Crippen LogP contribution is -2.25. The van der Waals surface area contributed by atoms with E-state index < -0.39 is 0 Å². The van der Waals surface area contributed by atoms with Crippen molar-refractivity contribution in [3.8, 4) is 0 Å².